The second kappa shape index (κ2) is 3.14. The summed E-state index contributed by atoms with van der Waals surface area (Å²) >= 11 is 1.42. The number of nitrogens with zero attached hydrogens (tertiary/aromatic N) is 2. The number of hydrogen-bond donors (Lipinski definition) is 0. The monoisotopic (exact) mass is 192 g/mol. The first kappa shape index (κ1) is 8.19. The predicted octanol–water partition coefficient (Wildman–Crippen LogP) is 1.64. The van der Waals surface area contributed by atoms with Crippen LogP contribution in [0, 0.1) is 0 Å². The molecule has 66 valence electrons. The zero-order valence-electron chi connectivity index (χ0n) is 6.93. The number of hydrogen-bond acceptors (Lipinski definition) is 3. The van der Waals surface area contributed by atoms with E-state index in [9.17, 15) is 4.79 Å². The topological polar surface area (TPSA) is 34.9 Å². The minimum Gasteiger partial charge on any atom is -0.294 e. The lowest BCUT2D eigenvalue weighted by atomic mass is 10.4. The Labute approximate surface area is 79.0 Å². The van der Waals surface area contributed by atoms with E-state index in [0.717, 1.165) is 5.52 Å². The maximum Gasteiger partial charge on any atom is 0.271 e. The summed E-state index contributed by atoms with van der Waals surface area (Å²) in [4.78, 5) is 15.8. The molecule has 0 bridgehead atoms. The molecule has 0 aliphatic carbocycles. The van der Waals surface area contributed by atoms with Crippen molar-refractivity contribution in [1.82, 2.24) is 9.55 Å². The largest absolute Gasteiger partial charge is 0.294 e. The van der Waals surface area contributed by atoms with Crippen molar-refractivity contribution in [2.45, 2.75) is 6.54 Å². The molecule has 0 unspecified atom stereocenters. The van der Waals surface area contributed by atoms with Crippen molar-refractivity contribution < 1.29 is 0 Å². The molecule has 2 rings (SSSR count). The standard InChI is InChI=1S/C9H8N2OS/c1-2-4-11-6-10-7-3-5-13-8(7)9(11)12/h2-3,5-6H,1,4H2. The fourth-order valence-corrected chi connectivity index (χ4v) is 1.94. The van der Waals surface area contributed by atoms with Gasteiger partial charge in [0.05, 0.1) is 11.8 Å². The van der Waals surface area contributed by atoms with E-state index < -0.39 is 0 Å². The first-order valence-corrected chi connectivity index (χ1v) is 4.74. The van der Waals surface area contributed by atoms with Crippen LogP contribution in [-0.4, -0.2) is 9.55 Å². The Morgan fingerprint density at radius 2 is 2.54 bits per heavy atom. The molecule has 0 aliphatic heterocycles. The molecule has 13 heavy (non-hydrogen) atoms. The van der Waals surface area contributed by atoms with Gasteiger partial charge in [0.1, 0.15) is 4.70 Å². The van der Waals surface area contributed by atoms with Crippen molar-refractivity contribution >= 4 is 21.6 Å². The molecule has 0 N–H and O–H groups in total. The zero-order valence-corrected chi connectivity index (χ0v) is 7.75. The Morgan fingerprint density at radius 3 is 3.31 bits per heavy atom. The van der Waals surface area contributed by atoms with Gasteiger partial charge in [-0.2, -0.15) is 0 Å². The summed E-state index contributed by atoms with van der Waals surface area (Å²) < 4.78 is 2.26. The predicted molar refractivity (Wildman–Crippen MR) is 54.1 cm³/mol. The smallest absolute Gasteiger partial charge is 0.271 e. The number of rotatable bonds is 2. The van der Waals surface area contributed by atoms with Gasteiger partial charge >= 0.3 is 0 Å². The number of allylic oxidation sites excluding steroid dienone is 1. The molecule has 0 saturated heterocycles. The summed E-state index contributed by atoms with van der Waals surface area (Å²) in [5.41, 5.74) is 0.787. The first-order valence-electron chi connectivity index (χ1n) is 3.86. The lowest BCUT2D eigenvalue weighted by molar-refractivity contribution is 0.769. The van der Waals surface area contributed by atoms with Crippen molar-refractivity contribution in [2.75, 3.05) is 0 Å². The molecule has 3 nitrogen and oxygen atoms in total. The molecule has 0 amide bonds. The average molecular weight is 192 g/mol. The first-order chi connectivity index (χ1) is 6.33. The Balaban J connectivity index is 2.73. The van der Waals surface area contributed by atoms with Gasteiger partial charge in [-0.05, 0) is 11.4 Å². The van der Waals surface area contributed by atoms with Crippen LogP contribution in [0.15, 0.2) is 35.2 Å². The van der Waals surface area contributed by atoms with E-state index in [-0.39, 0.29) is 5.56 Å². The van der Waals surface area contributed by atoms with Gasteiger partial charge in [-0.3, -0.25) is 9.36 Å². The highest BCUT2D eigenvalue weighted by atomic mass is 32.1. The van der Waals surface area contributed by atoms with Crippen LogP contribution in [0.4, 0.5) is 0 Å². The van der Waals surface area contributed by atoms with Crippen molar-refractivity contribution in [1.29, 1.82) is 0 Å². The van der Waals surface area contributed by atoms with Crippen LogP contribution in [0.1, 0.15) is 0 Å². The molecule has 2 aromatic rings. The van der Waals surface area contributed by atoms with Crippen LogP contribution in [0.2, 0.25) is 0 Å². The highest BCUT2D eigenvalue weighted by molar-refractivity contribution is 7.17. The second-order valence-corrected chi connectivity index (χ2v) is 3.54. The maximum atomic E-state index is 11.7. The third-order valence-corrected chi connectivity index (χ3v) is 2.65. The van der Waals surface area contributed by atoms with Crippen LogP contribution in [0.3, 0.4) is 0 Å². The summed E-state index contributed by atoms with van der Waals surface area (Å²) in [6.45, 7) is 4.09. The molecule has 0 aliphatic rings. The molecule has 2 aromatic heterocycles. The van der Waals surface area contributed by atoms with Crippen molar-refractivity contribution in [3.05, 3.63) is 40.8 Å². The summed E-state index contributed by atoms with van der Waals surface area (Å²) in [6.07, 6.45) is 3.24. The Bertz CT molecular complexity index is 498. The quantitative estimate of drug-likeness (QED) is 0.678. The van der Waals surface area contributed by atoms with Gasteiger partial charge in [-0.15, -0.1) is 17.9 Å². The van der Waals surface area contributed by atoms with Gasteiger partial charge in [0, 0.05) is 6.54 Å². The van der Waals surface area contributed by atoms with Crippen molar-refractivity contribution in [3.8, 4) is 0 Å². The van der Waals surface area contributed by atoms with E-state index in [1.54, 1.807) is 17.0 Å². The van der Waals surface area contributed by atoms with Gasteiger partial charge in [0.15, 0.2) is 0 Å². The molecule has 0 saturated carbocycles. The fraction of sp³-hybridized carbons (Fsp3) is 0.111. The number of fused-ring (bicyclic) bond motifs is 1. The van der Waals surface area contributed by atoms with Gasteiger partial charge in [-0.1, -0.05) is 6.08 Å². The second-order valence-electron chi connectivity index (χ2n) is 2.63. The molecule has 0 radical (unpaired) electrons. The van der Waals surface area contributed by atoms with Crippen LogP contribution < -0.4 is 5.56 Å². The van der Waals surface area contributed by atoms with E-state index in [1.807, 2.05) is 11.4 Å². The summed E-state index contributed by atoms with van der Waals surface area (Å²) in [5.74, 6) is 0. The highest BCUT2D eigenvalue weighted by Crippen LogP contribution is 2.12. The average Bonchev–Trinajstić information content (AvgIpc) is 2.58. The summed E-state index contributed by atoms with van der Waals surface area (Å²) in [7, 11) is 0. The van der Waals surface area contributed by atoms with Crippen molar-refractivity contribution in [3.63, 3.8) is 0 Å². The van der Waals surface area contributed by atoms with Crippen LogP contribution >= 0.6 is 11.3 Å². The van der Waals surface area contributed by atoms with Gasteiger partial charge in [-0.25, -0.2) is 4.98 Å². The molecular weight excluding hydrogens is 184 g/mol. The maximum absolute atomic E-state index is 11.7. The summed E-state index contributed by atoms with van der Waals surface area (Å²) in [6, 6.07) is 1.85. The molecule has 0 fully saturated rings. The third-order valence-electron chi connectivity index (χ3n) is 1.76. The Hall–Kier alpha value is -1.42. The van der Waals surface area contributed by atoms with Gasteiger partial charge < -0.3 is 0 Å². The normalized spacial score (nSPS) is 10.5. The zero-order chi connectivity index (χ0) is 9.26. The van der Waals surface area contributed by atoms with Crippen LogP contribution in [0.5, 0.6) is 0 Å². The van der Waals surface area contributed by atoms with Crippen LogP contribution in [-0.2, 0) is 6.54 Å². The molecule has 0 aromatic carbocycles. The molecular formula is C9H8N2OS. The Morgan fingerprint density at radius 1 is 1.69 bits per heavy atom. The van der Waals surface area contributed by atoms with Gasteiger partial charge in [0.25, 0.3) is 5.56 Å². The van der Waals surface area contributed by atoms with Crippen LogP contribution in [0.25, 0.3) is 10.2 Å². The number of thiophene rings is 1. The minimum absolute atomic E-state index is 0.0138. The molecule has 4 heteroatoms. The van der Waals surface area contributed by atoms with E-state index in [0.29, 0.717) is 11.2 Å². The lowest BCUT2D eigenvalue weighted by Gasteiger charge is -1.99. The lowest BCUT2D eigenvalue weighted by Crippen LogP contribution is -2.18. The van der Waals surface area contributed by atoms with E-state index in [4.69, 9.17) is 0 Å². The fourth-order valence-electron chi connectivity index (χ4n) is 1.15. The third kappa shape index (κ3) is 1.29. The SMILES string of the molecule is C=CCn1cnc2ccsc2c1=O. The van der Waals surface area contributed by atoms with E-state index >= 15 is 0 Å². The van der Waals surface area contributed by atoms with Crippen molar-refractivity contribution in [2.24, 2.45) is 0 Å². The number of aromatic nitrogens is 2. The summed E-state index contributed by atoms with van der Waals surface area (Å²) in [5, 5.41) is 1.87. The highest BCUT2D eigenvalue weighted by Gasteiger charge is 2.02. The minimum atomic E-state index is 0.0138. The van der Waals surface area contributed by atoms with E-state index in [1.165, 1.54) is 11.3 Å². The Kier molecular flexibility index (Phi) is 1.98. The van der Waals surface area contributed by atoms with Gasteiger partial charge in [0.2, 0.25) is 0 Å². The molecule has 0 atom stereocenters. The molecule has 0 spiro atoms. The molecule has 2 heterocycles. The van der Waals surface area contributed by atoms with E-state index in [2.05, 4.69) is 11.6 Å².